The molecule has 1 saturated heterocycles. The zero-order chi connectivity index (χ0) is 21.3. The van der Waals surface area contributed by atoms with Crippen LogP contribution >= 0.6 is 11.3 Å². The molecule has 1 amide bonds. The van der Waals surface area contributed by atoms with E-state index >= 15 is 0 Å². The van der Waals surface area contributed by atoms with Gasteiger partial charge in [0.25, 0.3) is 5.91 Å². The van der Waals surface area contributed by atoms with Gasteiger partial charge in [-0.2, -0.15) is 4.31 Å². The predicted molar refractivity (Wildman–Crippen MR) is 114 cm³/mol. The van der Waals surface area contributed by atoms with Crippen LogP contribution in [0.2, 0.25) is 0 Å². The number of amides is 1. The van der Waals surface area contributed by atoms with Crippen LogP contribution in [-0.4, -0.2) is 36.2 Å². The Hall–Kier alpha value is -2.56. The number of anilines is 1. The van der Waals surface area contributed by atoms with Gasteiger partial charge in [-0.3, -0.25) is 15.6 Å². The number of hydrogen-bond donors (Lipinski definition) is 2. The molecule has 1 aliphatic rings. The molecule has 2 N–H and O–H groups in total. The van der Waals surface area contributed by atoms with Gasteiger partial charge in [-0.1, -0.05) is 23.8 Å². The normalized spacial score (nSPS) is 17.7. The van der Waals surface area contributed by atoms with Gasteiger partial charge in [0.1, 0.15) is 11.3 Å². The van der Waals surface area contributed by atoms with Crippen LogP contribution < -0.4 is 10.9 Å². The maximum atomic E-state index is 13.7. The second-order valence-electron chi connectivity index (χ2n) is 7.17. The lowest BCUT2D eigenvalue weighted by atomic mass is 10.1. The van der Waals surface area contributed by atoms with Crippen molar-refractivity contribution in [3.8, 4) is 0 Å². The van der Waals surface area contributed by atoms with E-state index in [1.165, 1.54) is 46.0 Å². The lowest BCUT2D eigenvalue weighted by molar-refractivity contribution is 0.0962. The van der Waals surface area contributed by atoms with Crippen LogP contribution in [0.25, 0.3) is 10.2 Å². The number of piperidine rings is 1. The number of aromatic nitrogens is 1. The SMILES string of the molecule is CC1CCCCN1S(=O)(=O)c1ccc(C(=O)NNc2nc3c(F)cccc3s2)cc1. The van der Waals surface area contributed by atoms with Gasteiger partial charge < -0.3 is 0 Å². The molecule has 1 unspecified atom stereocenters. The Morgan fingerprint density at radius 1 is 1.20 bits per heavy atom. The zero-order valence-corrected chi connectivity index (χ0v) is 17.9. The number of rotatable bonds is 5. The number of thiazole rings is 1. The molecule has 0 bridgehead atoms. The average molecular weight is 449 g/mol. The van der Waals surface area contributed by atoms with Crippen LogP contribution in [0.1, 0.15) is 36.5 Å². The second-order valence-corrected chi connectivity index (χ2v) is 10.1. The maximum absolute atomic E-state index is 13.7. The van der Waals surface area contributed by atoms with Crippen molar-refractivity contribution in [2.75, 3.05) is 12.0 Å². The van der Waals surface area contributed by atoms with Crippen LogP contribution in [0.5, 0.6) is 0 Å². The van der Waals surface area contributed by atoms with Crippen LogP contribution in [0.3, 0.4) is 0 Å². The van der Waals surface area contributed by atoms with E-state index in [9.17, 15) is 17.6 Å². The highest BCUT2D eigenvalue weighted by Crippen LogP contribution is 2.27. The monoisotopic (exact) mass is 448 g/mol. The van der Waals surface area contributed by atoms with Crippen LogP contribution in [0.15, 0.2) is 47.4 Å². The minimum Gasteiger partial charge on any atom is -0.273 e. The van der Waals surface area contributed by atoms with Gasteiger partial charge in [-0.05, 0) is 56.2 Å². The first-order chi connectivity index (χ1) is 14.4. The molecule has 1 atom stereocenters. The molecule has 1 aromatic heterocycles. The van der Waals surface area contributed by atoms with Crippen molar-refractivity contribution in [2.45, 2.75) is 37.1 Å². The lowest BCUT2D eigenvalue weighted by Gasteiger charge is -2.32. The van der Waals surface area contributed by atoms with Gasteiger partial charge in [-0.15, -0.1) is 0 Å². The Morgan fingerprint density at radius 3 is 2.67 bits per heavy atom. The molecule has 3 aromatic rings. The van der Waals surface area contributed by atoms with Gasteiger partial charge >= 0.3 is 0 Å². The lowest BCUT2D eigenvalue weighted by Crippen LogP contribution is -2.41. The highest BCUT2D eigenvalue weighted by atomic mass is 32.2. The standard InChI is InChI=1S/C20H21FN4O3S2/c1-13-5-2-3-12-25(13)30(27,28)15-10-8-14(9-11-15)19(26)23-24-20-22-18-16(21)6-4-7-17(18)29-20/h4,6-11,13H,2-3,5,12H2,1H3,(H,22,24)(H,23,26). The quantitative estimate of drug-likeness (QED) is 0.580. The molecule has 7 nitrogen and oxygen atoms in total. The van der Waals surface area contributed by atoms with Crippen molar-refractivity contribution in [1.29, 1.82) is 0 Å². The minimum absolute atomic E-state index is 0.0328. The Labute approximate surface area is 177 Å². The molecular weight excluding hydrogens is 427 g/mol. The highest BCUT2D eigenvalue weighted by molar-refractivity contribution is 7.89. The summed E-state index contributed by atoms with van der Waals surface area (Å²) in [5, 5.41) is 0.349. The van der Waals surface area contributed by atoms with Gasteiger partial charge in [0.15, 0.2) is 0 Å². The van der Waals surface area contributed by atoms with E-state index in [1.54, 1.807) is 12.1 Å². The fourth-order valence-corrected chi connectivity index (χ4v) is 6.03. The van der Waals surface area contributed by atoms with Crippen molar-refractivity contribution in [3.05, 3.63) is 53.8 Å². The third-order valence-corrected chi connectivity index (χ3v) is 8.08. The van der Waals surface area contributed by atoms with E-state index in [4.69, 9.17) is 0 Å². The van der Waals surface area contributed by atoms with Gasteiger partial charge in [0.2, 0.25) is 15.2 Å². The molecule has 158 valence electrons. The van der Waals surface area contributed by atoms with Crippen LogP contribution in [0.4, 0.5) is 9.52 Å². The Balaban J connectivity index is 1.44. The van der Waals surface area contributed by atoms with Crippen molar-refractivity contribution in [3.63, 3.8) is 0 Å². The Bertz CT molecular complexity index is 1180. The van der Waals surface area contributed by atoms with Crippen LogP contribution in [-0.2, 0) is 10.0 Å². The van der Waals surface area contributed by atoms with Crippen molar-refractivity contribution < 1.29 is 17.6 Å². The van der Waals surface area contributed by atoms with Gasteiger partial charge in [0, 0.05) is 18.2 Å². The summed E-state index contributed by atoms with van der Waals surface area (Å²) in [5.41, 5.74) is 5.71. The molecule has 1 fully saturated rings. The maximum Gasteiger partial charge on any atom is 0.269 e. The fourth-order valence-electron chi connectivity index (χ4n) is 3.49. The summed E-state index contributed by atoms with van der Waals surface area (Å²) in [7, 11) is -3.59. The summed E-state index contributed by atoms with van der Waals surface area (Å²) < 4.78 is 41.7. The largest absolute Gasteiger partial charge is 0.273 e. The Kier molecular flexibility index (Phi) is 5.72. The summed E-state index contributed by atoms with van der Waals surface area (Å²) in [6, 6.07) is 10.5. The van der Waals surface area contributed by atoms with Crippen molar-refractivity contribution in [1.82, 2.24) is 14.7 Å². The molecule has 30 heavy (non-hydrogen) atoms. The van der Waals surface area contributed by atoms with Crippen molar-refractivity contribution >= 4 is 42.6 Å². The third-order valence-electron chi connectivity index (χ3n) is 5.12. The van der Waals surface area contributed by atoms with E-state index in [0.29, 0.717) is 21.9 Å². The van der Waals surface area contributed by atoms with Gasteiger partial charge in [0.05, 0.1) is 9.60 Å². The molecular formula is C20H21FN4O3S2. The number of carbonyl (C=O) groups excluding carboxylic acids is 1. The van der Waals surface area contributed by atoms with E-state index in [1.807, 2.05) is 6.92 Å². The minimum atomic E-state index is -3.59. The van der Waals surface area contributed by atoms with E-state index in [-0.39, 0.29) is 16.5 Å². The van der Waals surface area contributed by atoms with Gasteiger partial charge in [-0.25, -0.2) is 17.8 Å². The number of halogens is 1. The molecule has 0 saturated carbocycles. The van der Waals surface area contributed by atoms with Crippen molar-refractivity contribution in [2.24, 2.45) is 0 Å². The number of para-hydroxylation sites is 1. The number of benzene rings is 2. The van der Waals surface area contributed by atoms with E-state index in [0.717, 1.165) is 19.3 Å². The number of fused-ring (bicyclic) bond motifs is 1. The third kappa shape index (κ3) is 4.03. The predicted octanol–water partition coefficient (Wildman–Crippen LogP) is 3.76. The summed E-state index contributed by atoms with van der Waals surface area (Å²) >= 11 is 1.21. The Morgan fingerprint density at radius 2 is 1.97 bits per heavy atom. The first kappa shape index (κ1) is 20.7. The zero-order valence-electron chi connectivity index (χ0n) is 16.3. The fraction of sp³-hybridized carbons (Fsp3) is 0.300. The molecule has 10 heteroatoms. The number of hydrogen-bond acceptors (Lipinski definition) is 6. The number of nitrogens with one attached hydrogen (secondary N) is 2. The molecule has 0 radical (unpaired) electrons. The molecule has 0 spiro atoms. The number of sulfonamides is 1. The molecule has 4 rings (SSSR count). The summed E-state index contributed by atoms with van der Waals surface area (Å²) in [6.45, 7) is 2.43. The smallest absolute Gasteiger partial charge is 0.269 e. The topological polar surface area (TPSA) is 91.4 Å². The number of carbonyl (C=O) groups is 1. The first-order valence-corrected chi connectivity index (χ1v) is 11.9. The number of nitrogens with zero attached hydrogens (tertiary/aromatic N) is 2. The molecule has 2 heterocycles. The highest BCUT2D eigenvalue weighted by Gasteiger charge is 2.30. The van der Waals surface area contributed by atoms with E-state index < -0.39 is 21.7 Å². The van der Waals surface area contributed by atoms with E-state index in [2.05, 4.69) is 15.8 Å². The summed E-state index contributed by atoms with van der Waals surface area (Å²) in [4.78, 5) is 16.7. The molecule has 0 aliphatic carbocycles. The first-order valence-electron chi connectivity index (χ1n) is 9.59. The second kappa shape index (κ2) is 8.29. The average Bonchev–Trinajstić information content (AvgIpc) is 3.17. The summed E-state index contributed by atoms with van der Waals surface area (Å²) in [6.07, 6.45) is 2.73. The van der Waals surface area contributed by atoms with Crippen LogP contribution in [0, 0.1) is 5.82 Å². The number of hydrazine groups is 1. The molecule has 2 aromatic carbocycles. The summed E-state index contributed by atoms with van der Waals surface area (Å²) in [5.74, 6) is -0.882. The molecule has 1 aliphatic heterocycles.